The molecule has 0 unspecified atom stereocenters. The van der Waals surface area contributed by atoms with Crippen molar-refractivity contribution in [3.8, 4) is 55.6 Å². The third-order valence-electron chi connectivity index (χ3n) is 12.0. The molecule has 0 atom stereocenters. The molecule has 11 aromatic rings. The average Bonchev–Trinajstić information content (AvgIpc) is 3.57. The zero-order chi connectivity index (χ0) is 35.3. The van der Waals surface area contributed by atoms with Crippen LogP contribution < -0.4 is 0 Å². The lowest BCUT2D eigenvalue weighted by Gasteiger charge is -2.21. The smallest absolute Gasteiger partial charge is 0.00197 e. The lowest BCUT2D eigenvalue weighted by Crippen LogP contribution is -1.94. The molecular weight excluding hydrogens is 649 g/mol. The second kappa shape index (κ2) is 11.2. The van der Waals surface area contributed by atoms with Gasteiger partial charge < -0.3 is 0 Å². The van der Waals surface area contributed by atoms with Gasteiger partial charge >= 0.3 is 0 Å². The molecule has 0 heteroatoms. The fourth-order valence-electron chi connectivity index (χ4n) is 9.59. The molecule has 0 heterocycles. The monoisotopic (exact) mass is 680 g/mol. The molecular formula is C54H32. The van der Waals surface area contributed by atoms with Gasteiger partial charge in [-0.2, -0.15) is 0 Å². The van der Waals surface area contributed by atoms with Gasteiger partial charge in [-0.15, -0.1) is 0 Å². The van der Waals surface area contributed by atoms with Gasteiger partial charge in [0.2, 0.25) is 0 Å². The molecule has 12 rings (SSSR count). The number of fused-ring (bicyclic) bond motifs is 9. The van der Waals surface area contributed by atoms with E-state index in [2.05, 4.69) is 194 Å². The van der Waals surface area contributed by atoms with E-state index in [1.165, 1.54) is 120 Å². The topological polar surface area (TPSA) is 0 Å². The minimum Gasteiger partial charge on any atom is -0.0616 e. The second-order valence-corrected chi connectivity index (χ2v) is 14.7. The van der Waals surface area contributed by atoms with E-state index in [0.717, 1.165) is 0 Å². The lowest BCUT2D eigenvalue weighted by atomic mass is 9.82. The van der Waals surface area contributed by atoms with E-state index in [1.54, 1.807) is 0 Å². The molecule has 0 aliphatic heterocycles. The molecule has 0 amide bonds. The Balaban J connectivity index is 1.24. The molecule has 0 nitrogen and oxygen atoms in total. The Morgan fingerprint density at radius 3 is 1.52 bits per heavy atom. The van der Waals surface area contributed by atoms with Gasteiger partial charge in [-0.1, -0.05) is 176 Å². The van der Waals surface area contributed by atoms with Crippen LogP contribution in [-0.2, 0) is 0 Å². The Morgan fingerprint density at radius 1 is 0.204 bits per heavy atom. The summed E-state index contributed by atoms with van der Waals surface area (Å²) >= 11 is 0. The Hall–Kier alpha value is -7.02. The Kier molecular flexibility index (Phi) is 6.15. The summed E-state index contributed by atoms with van der Waals surface area (Å²) in [4.78, 5) is 0. The predicted octanol–water partition coefficient (Wildman–Crippen LogP) is 15.3. The zero-order valence-corrected chi connectivity index (χ0v) is 29.5. The molecule has 0 spiro atoms. The summed E-state index contributed by atoms with van der Waals surface area (Å²) in [6, 6.07) is 72.5. The summed E-state index contributed by atoms with van der Waals surface area (Å²) in [5, 5.41) is 15.3. The van der Waals surface area contributed by atoms with E-state index in [9.17, 15) is 0 Å². The van der Waals surface area contributed by atoms with E-state index >= 15 is 0 Å². The van der Waals surface area contributed by atoms with Crippen LogP contribution in [0.5, 0.6) is 0 Å². The molecule has 1 aliphatic rings. The third-order valence-corrected chi connectivity index (χ3v) is 12.0. The standard InChI is InChI=1S/C54H32/c1-2-13-34-30-35(25-24-33(34)12-1)36-26-27-49-51(31-36)54(50-32-37-14-3-4-15-38(37)39-16-5-8-19-42(39)50)45-21-10-9-20-44(45)53(49)48-29-28-47-41-18-7-6-17-40(41)43-22-11-23-46(48)52(43)47/h1-32H. The Bertz CT molecular complexity index is 3350. The minimum absolute atomic E-state index is 1.22. The van der Waals surface area contributed by atoms with Crippen molar-refractivity contribution in [3.63, 3.8) is 0 Å². The summed E-state index contributed by atoms with van der Waals surface area (Å²) in [7, 11) is 0. The van der Waals surface area contributed by atoms with E-state index < -0.39 is 0 Å². The van der Waals surface area contributed by atoms with Crippen LogP contribution in [0.3, 0.4) is 0 Å². The molecule has 0 saturated heterocycles. The molecule has 1 aliphatic carbocycles. The fourth-order valence-corrected chi connectivity index (χ4v) is 9.59. The molecule has 11 aromatic carbocycles. The van der Waals surface area contributed by atoms with Crippen LogP contribution >= 0.6 is 0 Å². The quantitative estimate of drug-likeness (QED) is 0.129. The van der Waals surface area contributed by atoms with Crippen molar-refractivity contribution in [3.05, 3.63) is 194 Å². The highest BCUT2D eigenvalue weighted by molar-refractivity contribution is 6.29. The molecule has 0 aromatic heterocycles. The first-order chi connectivity index (χ1) is 26.8. The van der Waals surface area contributed by atoms with Crippen molar-refractivity contribution in [2.24, 2.45) is 0 Å². The third kappa shape index (κ3) is 4.14. The van der Waals surface area contributed by atoms with Crippen LogP contribution in [-0.4, -0.2) is 0 Å². The second-order valence-electron chi connectivity index (χ2n) is 14.7. The van der Waals surface area contributed by atoms with Gasteiger partial charge in [-0.25, -0.2) is 0 Å². The molecule has 0 radical (unpaired) electrons. The van der Waals surface area contributed by atoms with Gasteiger partial charge in [-0.05, 0) is 138 Å². The molecule has 0 bridgehead atoms. The summed E-state index contributed by atoms with van der Waals surface area (Å²) in [5.74, 6) is 0. The number of hydrogen-bond acceptors (Lipinski definition) is 0. The van der Waals surface area contributed by atoms with E-state index in [0.29, 0.717) is 0 Å². The summed E-state index contributed by atoms with van der Waals surface area (Å²) < 4.78 is 0. The highest BCUT2D eigenvalue weighted by Gasteiger charge is 2.25. The van der Waals surface area contributed by atoms with Gasteiger partial charge in [0.15, 0.2) is 0 Å². The fraction of sp³-hybridized carbons (Fsp3) is 0. The van der Waals surface area contributed by atoms with E-state index in [-0.39, 0.29) is 0 Å². The summed E-state index contributed by atoms with van der Waals surface area (Å²) in [6.07, 6.45) is 0. The predicted molar refractivity (Wildman–Crippen MR) is 232 cm³/mol. The first-order valence-electron chi connectivity index (χ1n) is 18.8. The average molecular weight is 681 g/mol. The van der Waals surface area contributed by atoms with Crippen LogP contribution in [0.15, 0.2) is 194 Å². The van der Waals surface area contributed by atoms with Crippen molar-refractivity contribution in [2.45, 2.75) is 0 Å². The molecule has 0 N–H and O–H groups in total. The van der Waals surface area contributed by atoms with Crippen LogP contribution in [0.2, 0.25) is 0 Å². The first kappa shape index (κ1) is 29.5. The van der Waals surface area contributed by atoms with E-state index in [4.69, 9.17) is 0 Å². The van der Waals surface area contributed by atoms with Crippen LogP contribution in [0.4, 0.5) is 0 Å². The zero-order valence-electron chi connectivity index (χ0n) is 29.5. The van der Waals surface area contributed by atoms with Crippen LogP contribution in [0, 0.1) is 0 Å². The maximum absolute atomic E-state index is 2.46. The normalized spacial score (nSPS) is 12.1. The first-order valence-corrected chi connectivity index (χ1v) is 18.8. The maximum atomic E-state index is 2.46. The van der Waals surface area contributed by atoms with Gasteiger partial charge in [0, 0.05) is 0 Å². The highest BCUT2D eigenvalue weighted by atomic mass is 14.3. The lowest BCUT2D eigenvalue weighted by molar-refractivity contribution is 1.66. The SMILES string of the molecule is c1ccc2c(c1)-c1cccc3c(-c4c5ccccc5c(-c5cc6ccccc6c6ccccc56)c5cc(-c6ccc7ccccc7c6)ccc45)ccc-2c13. The Labute approximate surface area is 313 Å². The number of hydrogen-bond donors (Lipinski definition) is 0. The number of benzene rings is 11. The van der Waals surface area contributed by atoms with Crippen molar-refractivity contribution in [1.29, 1.82) is 0 Å². The van der Waals surface area contributed by atoms with Crippen molar-refractivity contribution in [2.75, 3.05) is 0 Å². The Morgan fingerprint density at radius 2 is 0.722 bits per heavy atom. The van der Waals surface area contributed by atoms with E-state index in [1.807, 2.05) is 0 Å². The molecule has 0 fully saturated rings. The summed E-state index contributed by atoms with van der Waals surface area (Å²) in [6.45, 7) is 0. The molecule has 0 saturated carbocycles. The highest BCUT2D eigenvalue weighted by Crippen LogP contribution is 2.52. The molecule has 54 heavy (non-hydrogen) atoms. The van der Waals surface area contributed by atoms with Gasteiger partial charge in [0.05, 0.1) is 0 Å². The van der Waals surface area contributed by atoms with Crippen LogP contribution in [0.25, 0.3) is 120 Å². The number of rotatable bonds is 3. The van der Waals surface area contributed by atoms with Crippen LogP contribution in [0.1, 0.15) is 0 Å². The maximum Gasteiger partial charge on any atom is -0.00197 e. The van der Waals surface area contributed by atoms with Gasteiger partial charge in [0.25, 0.3) is 0 Å². The van der Waals surface area contributed by atoms with Crippen molar-refractivity contribution >= 4 is 64.6 Å². The largest absolute Gasteiger partial charge is 0.0616 e. The minimum atomic E-state index is 1.22. The molecule has 248 valence electrons. The van der Waals surface area contributed by atoms with Gasteiger partial charge in [-0.3, -0.25) is 0 Å². The van der Waals surface area contributed by atoms with Gasteiger partial charge in [0.1, 0.15) is 0 Å². The van der Waals surface area contributed by atoms with Crippen molar-refractivity contribution < 1.29 is 0 Å². The van der Waals surface area contributed by atoms with Crippen molar-refractivity contribution in [1.82, 2.24) is 0 Å². The summed E-state index contributed by atoms with van der Waals surface area (Å²) in [5.41, 5.74) is 12.9.